The molecule has 2 N–H and O–H groups in total. The molecule has 0 saturated heterocycles. The van der Waals surface area contributed by atoms with Crippen LogP contribution < -0.4 is 5.73 Å². The van der Waals surface area contributed by atoms with Gasteiger partial charge in [-0.2, -0.15) is 0 Å². The van der Waals surface area contributed by atoms with Crippen molar-refractivity contribution >= 4 is 28.1 Å². The zero-order valence-corrected chi connectivity index (χ0v) is 10.8. The van der Waals surface area contributed by atoms with Crippen LogP contribution in [0.25, 0.3) is 0 Å². The first-order valence-electron chi connectivity index (χ1n) is 5.06. The Morgan fingerprint density at radius 1 is 1.44 bits per heavy atom. The minimum Gasteiger partial charge on any atom is -0.375 e. The van der Waals surface area contributed by atoms with Crippen molar-refractivity contribution in [1.82, 2.24) is 4.98 Å². The van der Waals surface area contributed by atoms with Crippen LogP contribution in [0.3, 0.4) is 0 Å². The Bertz CT molecular complexity index is 507. The third-order valence-electron chi connectivity index (χ3n) is 2.59. The van der Waals surface area contributed by atoms with Crippen LogP contribution in [0.15, 0.2) is 24.3 Å². The van der Waals surface area contributed by atoms with Crippen molar-refractivity contribution < 1.29 is 0 Å². The van der Waals surface area contributed by atoms with Crippen LogP contribution in [-0.2, 0) is 0 Å². The molecule has 1 heterocycles. The van der Waals surface area contributed by atoms with Gasteiger partial charge < -0.3 is 5.73 Å². The molecule has 1 unspecified atom stereocenters. The first kappa shape index (κ1) is 11.4. The number of hydrogen-bond acceptors (Lipinski definition) is 3. The van der Waals surface area contributed by atoms with E-state index in [1.807, 2.05) is 25.1 Å². The number of nitrogens with two attached hydrogens (primary N) is 1. The van der Waals surface area contributed by atoms with Gasteiger partial charge in [0.2, 0.25) is 0 Å². The largest absolute Gasteiger partial charge is 0.375 e. The van der Waals surface area contributed by atoms with Gasteiger partial charge in [0.25, 0.3) is 0 Å². The van der Waals surface area contributed by atoms with Crippen molar-refractivity contribution in [1.29, 1.82) is 0 Å². The summed E-state index contributed by atoms with van der Waals surface area (Å²) < 4.78 is 0. The molecule has 0 amide bonds. The fourth-order valence-corrected chi connectivity index (χ4v) is 2.87. The van der Waals surface area contributed by atoms with E-state index in [1.54, 1.807) is 11.3 Å². The zero-order valence-electron chi connectivity index (χ0n) is 9.20. The minimum absolute atomic E-state index is 0.286. The van der Waals surface area contributed by atoms with Crippen LogP contribution in [0, 0.1) is 6.92 Å². The molecule has 0 spiro atoms. The van der Waals surface area contributed by atoms with Gasteiger partial charge in [-0.3, -0.25) is 0 Å². The maximum atomic E-state index is 5.98. The lowest BCUT2D eigenvalue weighted by Gasteiger charge is -2.10. The van der Waals surface area contributed by atoms with Crippen molar-refractivity contribution in [2.75, 3.05) is 5.73 Å². The first-order valence-corrected chi connectivity index (χ1v) is 6.25. The van der Waals surface area contributed by atoms with Crippen LogP contribution in [0.1, 0.15) is 29.0 Å². The molecule has 16 heavy (non-hydrogen) atoms. The number of nitrogen functional groups attached to an aromatic ring is 1. The highest BCUT2D eigenvalue weighted by atomic mass is 35.5. The SMILES string of the molecule is Cc1nc(N)sc1C(C)c1cccc(Cl)c1. The molecule has 1 aromatic carbocycles. The van der Waals surface area contributed by atoms with Gasteiger partial charge in [0.1, 0.15) is 0 Å². The van der Waals surface area contributed by atoms with Gasteiger partial charge in [0.05, 0.1) is 5.69 Å². The predicted molar refractivity (Wildman–Crippen MR) is 70.2 cm³/mol. The summed E-state index contributed by atoms with van der Waals surface area (Å²) >= 11 is 7.53. The number of aryl methyl sites for hydroxylation is 1. The van der Waals surface area contributed by atoms with Crippen molar-refractivity contribution in [2.45, 2.75) is 19.8 Å². The van der Waals surface area contributed by atoms with Gasteiger partial charge in [0.15, 0.2) is 5.13 Å². The fraction of sp³-hybridized carbons (Fsp3) is 0.250. The Hall–Kier alpha value is -1.06. The van der Waals surface area contributed by atoms with E-state index in [2.05, 4.69) is 18.0 Å². The number of aromatic nitrogens is 1. The van der Waals surface area contributed by atoms with Crippen molar-refractivity contribution in [2.24, 2.45) is 0 Å². The molecular weight excluding hydrogens is 240 g/mol. The quantitative estimate of drug-likeness (QED) is 0.882. The van der Waals surface area contributed by atoms with E-state index in [9.17, 15) is 0 Å². The Morgan fingerprint density at radius 3 is 2.75 bits per heavy atom. The Morgan fingerprint density at radius 2 is 2.19 bits per heavy atom. The predicted octanol–water partition coefficient (Wildman–Crippen LogP) is 3.84. The molecular formula is C12H13ClN2S. The van der Waals surface area contributed by atoms with Crippen LogP contribution >= 0.6 is 22.9 Å². The molecule has 2 aromatic rings. The molecule has 4 heteroatoms. The number of anilines is 1. The summed E-state index contributed by atoms with van der Waals surface area (Å²) in [7, 11) is 0. The molecule has 0 fully saturated rings. The van der Waals surface area contributed by atoms with E-state index in [0.717, 1.165) is 10.7 Å². The fourth-order valence-electron chi connectivity index (χ4n) is 1.76. The summed E-state index contributed by atoms with van der Waals surface area (Å²) in [5, 5.41) is 1.39. The van der Waals surface area contributed by atoms with E-state index in [4.69, 9.17) is 17.3 Å². The lowest BCUT2D eigenvalue weighted by atomic mass is 9.99. The molecule has 1 aromatic heterocycles. The molecule has 0 aliphatic carbocycles. The third-order valence-corrected chi connectivity index (χ3v) is 4.00. The van der Waals surface area contributed by atoms with E-state index in [0.29, 0.717) is 5.13 Å². The highest BCUT2D eigenvalue weighted by Gasteiger charge is 2.15. The highest BCUT2D eigenvalue weighted by Crippen LogP contribution is 2.33. The van der Waals surface area contributed by atoms with Crippen LogP contribution in [-0.4, -0.2) is 4.98 Å². The average molecular weight is 253 g/mol. The summed E-state index contributed by atoms with van der Waals surface area (Å²) in [4.78, 5) is 5.45. The number of thiazole rings is 1. The molecule has 1 atom stereocenters. The first-order chi connectivity index (χ1) is 7.58. The Balaban J connectivity index is 2.38. The number of hydrogen-bond donors (Lipinski definition) is 1. The van der Waals surface area contributed by atoms with Crippen molar-refractivity contribution in [3.05, 3.63) is 45.4 Å². The van der Waals surface area contributed by atoms with Crippen molar-refractivity contribution in [3.8, 4) is 0 Å². The molecule has 84 valence electrons. The normalized spacial score (nSPS) is 12.7. The lowest BCUT2D eigenvalue weighted by Crippen LogP contribution is -1.95. The van der Waals surface area contributed by atoms with Gasteiger partial charge in [-0.1, -0.05) is 30.7 Å². The second kappa shape index (κ2) is 4.44. The van der Waals surface area contributed by atoms with Crippen LogP contribution in [0.5, 0.6) is 0 Å². The molecule has 0 bridgehead atoms. The molecule has 0 aliphatic heterocycles. The molecule has 0 radical (unpaired) electrons. The number of rotatable bonds is 2. The zero-order chi connectivity index (χ0) is 11.7. The Kier molecular flexibility index (Phi) is 3.17. The van der Waals surface area contributed by atoms with Gasteiger partial charge in [-0.25, -0.2) is 4.98 Å². The standard InChI is InChI=1S/C12H13ClN2S/c1-7(9-4-3-5-10(13)6-9)11-8(2)15-12(14)16-11/h3-7H,1-2H3,(H2,14,15). The summed E-state index contributed by atoms with van der Waals surface area (Å²) in [5.74, 6) is 0.286. The van der Waals surface area contributed by atoms with E-state index < -0.39 is 0 Å². The van der Waals surface area contributed by atoms with Crippen molar-refractivity contribution in [3.63, 3.8) is 0 Å². The maximum absolute atomic E-state index is 5.98. The van der Waals surface area contributed by atoms with Gasteiger partial charge in [-0.15, -0.1) is 11.3 Å². The summed E-state index contributed by atoms with van der Waals surface area (Å²) in [6.07, 6.45) is 0. The topological polar surface area (TPSA) is 38.9 Å². The highest BCUT2D eigenvalue weighted by molar-refractivity contribution is 7.15. The smallest absolute Gasteiger partial charge is 0.180 e. The second-order valence-electron chi connectivity index (χ2n) is 3.78. The second-order valence-corrected chi connectivity index (χ2v) is 5.28. The van der Waals surface area contributed by atoms with Crippen LogP contribution in [0.2, 0.25) is 5.02 Å². The van der Waals surface area contributed by atoms with E-state index in [-0.39, 0.29) is 5.92 Å². The van der Waals surface area contributed by atoms with E-state index >= 15 is 0 Å². The lowest BCUT2D eigenvalue weighted by molar-refractivity contribution is 0.927. The number of halogens is 1. The summed E-state index contributed by atoms with van der Waals surface area (Å²) in [6, 6.07) is 7.91. The average Bonchev–Trinajstić information content (AvgIpc) is 2.57. The molecule has 2 nitrogen and oxygen atoms in total. The number of benzene rings is 1. The van der Waals surface area contributed by atoms with Gasteiger partial charge in [0, 0.05) is 15.8 Å². The third kappa shape index (κ3) is 2.20. The Labute approximate surface area is 104 Å². The van der Waals surface area contributed by atoms with Crippen LogP contribution in [0.4, 0.5) is 5.13 Å². The minimum atomic E-state index is 0.286. The van der Waals surface area contributed by atoms with Gasteiger partial charge in [-0.05, 0) is 24.6 Å². The molecule has 0 aliphatic rings. The number of nitrogens with zero attached hydrogens (tertiary/aromatic N) is 1. The van der Waals surface area contributed by atoms with E-state index in [1.165, 1.54) is 10.4 Å². The summed E-state index contributed by atoms with van der Waals surface area (Å²) in [6.45, 7) is 4.13. The monoisotopic (exact) mass is 252 g/mol. The molecule has 0 saturated carbocycles. The summed E-state index contributed by atoms with van der Waals surface area (Å²) in [5.41, 5.74) is 7.91. The maximum Gasteiger partial charge on any atom is 0.180 e. The van der Waals surface area contributed by atoms with Gasteiger partial charge >= 0.3 is 0 Å². The molecule has 2 rings (SSSR count).